The van der Waals surface area contributed by atoms with Gasteiger partial charge >= 0.3 is 0 Å². The fourth-order valence-corrected chi connectivity index (χ4v) is 1.56. The smallest absolute Gasteiger partial charge is 0.128 e. The number of aliphatic hydroxyl groups excluding tert-OH is 1. The molecule has 3 nitrogen and oxygen atoms in total. The fraction of sp³-hybridized carbons (Fsp3) is 0.583. The Labute approximate surface area is 91.8 Å². The van der Waals surface area contributed by atoms with E-state index in [1.807, 2.05) is 12.1 Å². The van der Waals surface area contributed by atoms with Gasteiger partial charge in [0.1, 0.15) is 5.82 Å². The second-order valence-corrected chi connectivity index (χ2v) is 3.97. The lowest BCUT2D eigenvalue weighted by molar-refractivity contribution is 0.281. The minimum Gasteiger partial charge on any atom is -0.392 e. The van der Waals surface area contributed by atoms with E-state index in [0.717, 1.165) is 24.3 Å². The number of aromatic nitrogens is 1. The molecule has 1 rings (SSSR count). The first kappa shape index (κ1) is 12.0. The van der Waals surface area contributed by atoms with Crippen LogP contribution in [0.15, 0.2) is 18.3 Å². The van der Waals surface area contributed by atoms with Gasteiger partial charge in [-0.2, -0.15) is 0 Å². The molecule has 0 fully saturated rings. The number of anilines is 1. The third-order valence-electron chi connectivity index (χ3n) is 2.37. The zero-order valence-electron chi connectivity index (χ0n) is 9.77. The van der Waals surface area contributed by atoms with Gasteiger partial charge in [0, 0.05) is 18.8 Å². The molecule has 1 aromatic rings. The zero-order chi connectivity index (χ0) is 11.3. The lowest BCUT2D eigenvalue weighted by atomic mass is 10.2. The van der Waals surface area contributed by atoms with Crippen LogP contribution in [0.1, 0.15) is 32.8 Å². The van der Waals surface area contributed by atoms with Crippen molar-refractivity contribution in [3.8, 4) is 0 Å². The van der Waals surface area contributed by atoms with Gasteiger partial charge in [0.25, 0.3) is 0 Å². The van der Waals surface area contributed by atoms with E-state index >= 15 is 0 Å². The molecule has 3 heteroatoms. The molecule has 0 aromatic carbocycles. The monoisotopic (exact) mass is 208 g/mol. The molecule has 0 atom stereocenters. The van der Waals surface area contributed by atoms with Crippen molar-refractivity contribution in [1.82, 2.24) is 4.98 Å². The summed E-state index contributed by atoms with van der Waals surface area (Å²) in [6.07, 6.45) is 2.85. The Kier molecular flexibility index (Phi) is 4.56. The van der Waals surface area contributed by atoms with Crippen LogP contribution in [0.5, 0.6) is 0 Å². The Bertz CT molecular complexity index is 282. The predicted molar refractivity (Wildman–Crippen MR) is 62.9 cm³/mol. The van der Waals surface area contributed by atoms with Crippen LogP contribution in [0.3, 0.4) is 0 Å². The average Bonchev–Trinajstić information content (AvgIpc) is 2.26. The van der Waals surface area contributed by atoms with Crippen LogP contribution < -0.4 is 4.90 Å². The summed E-state index contributed by atoms with van der Waals surface area (Å²) in [4.78, 5) is 6.62. The molecule has 0 radical (unpaired) electrons. The number of pyridine rings is 1. The summed E-state index contributed by atoms with van der Waals surface area (Å²) in [6.45, 7) is 7.57. The molecular weight excluding hydrogens is 188 g/mol. The van der Waals surface area contributed by atoms with Crippen molar-refractivity contribution in [2.75, 3.05) is 11.4 Å². The summed E-state index contributed by atoms with van der Waals surface area (Å²) in [5, 5.41) is 8.93. The second-order valence-electron chi connectivity index (χ2n) is 3.97. The Morgan fingerprint density at radius 1 is 1.40 bits per heavy atom. The maximum atomic E-state index is 8.93. The van der Waals surface area contributed by atoms with Gasteiger partial charge in [-0.05, 0) is 31.9 Å². The minimum atomic E-state index is 0.0583. The van der Waals surface area contributed by atoms with E-state index in [9.17, 15) is 0 Å². The first-order chi connectivity index (χ1) is 7.19. The molecule has 0 bridgehead atoms. The molecule has 0 unspecified atom stereocenters. The average molecular weight is 208 g/mol. The van der Waals surface area contributed by atoms with Crippen molar-refractivity contribution in [2.24, 2.45) is 0 Å². The summed E-state index contributed by atoms with van der Waals surface area (Å²) in [5.74, 6) is 0.990. The van der Waals surface area contributed by atoms with Crippen molar-refractivity contribution in [2.45, 2.75) is 39.8 Å². The van der Waals surface area contributed by atoms with Crippen LogP contribution in [0.4, 0.5) is 5.82 Å². The molecule has 0 spiro atoms. The van der Waals surface area contributed by atoms with Crippen molar-refractivity contribution >= 4 is 5.82 Å². The molecular formula is C12H20N2O. The van der Waals surface area contributed by atoms with Gasteiger partial charge in [-0.3, -0.25) is 0 Å². The number of hydrogen-bond donors (Lipinski definition) is 1. The number of rotatable bonds is 5. The Balaban J connectivity index is 2.81. The van der Waals surface area contributed by atoms with E-state index in [4.69, 9.17) is 5.11 Å². The van der Waals surface area contributed by atoms with Crippen LogP contribution in [0, 0.1) is 0 Å². The van der Waals surface area contributed by atoms with Gasteiger partial charge in [-0.25, -0.2) is 4.98 Å². The summed E-state index contributed by atoms with van der Waals surface area (Å²) in [6, 6.07) is 4.35. The van der Waals surface area contributed by atoms with E-state index in [0.29, 0.717) is 6.04 Å². The highest BCUT2D eigenvalue weighted by Gasteiger charge is 2.10. The molecule has 84 valence electrons. The normalized spacial score (nSPS) is 10.7. The van der Waals surface area contributed by atoms with E-state index < -0.39 is 0 Å². The van der Waals surface area contributed by atoms with Crippen LogP contribution in [-0.2, 0) is 6.61 Å². The topological polar surface area (TPSA) is 36.4 Å². The number of aliphatic hydroxyl groups is 1. The highest BCUT2D eigenvalue weighted by Crippen LogP contribution is 2.14. The summed E-state index contributed by atoms with van der Waals surface area (Å²) in [5.41, 5.74) is 0.860. The molecule has 15 heavy (non-hydrogen) atoms. The van der Waals surface area contributed by atoms with Gasteiger partial charge < -0.3 is 10.0 Å². The molecule has 0 saturated carbocycles. The van der Waals surface area contributed by atoms with Crippen LogP contribution in [-0.4, -0.2) is 22.7 Å². The highest BCUT2D eigenvalue weighted by molar-refractivity contribution is 5.40. The summed E-state index contributed by atoms with van der Waals surface area (Å²) >= 11 is 0. The lowest BCUT2D eigenvalue weighted by Crippen LogP contribution is -2.32. The molecule has 0 amide bonds. The summed E-state index contributed by atoms with van der Waals surface area (Å²) in [7, 11) is 0. The van der Waals surface area contributed by atoms with Crippen LogP contribution in [0.25, 0.3) is 0 Å². The fourth-order valence-electron chi connectivity index (χ4n) is 1.56. The molecule has 0 aliphatic rings. The van der Waals surface area contributed by atoms with Gasteiger partial charge in [0.15, 0.2) is 0 Å². The van der Waals surface area contributed by atoms with E-state index in [1.165, 1.54) is 0 Å². The van der Waals surface area contributed by atoms with Crippen LogP contribution >= 0.6 is 0 Å². The molecule has 0 saturated heterocycles. The maximum Gasteiger partial charge on any atom is 0.128 e. The third-order valence-corrected chi connectivity index (χ3v) is 2.37. The third kappa shape index (κ3) is 3.20. The largest absolute Gasteiger partial charge is 0.392 e. The highest BCUT2D eigenvalue weighted by atomic mass is 16.3. The van der Waals surface area contributed by atoms with Gasteiger partial charge in [-0.15, -0.1) is 0 Å². The van der Waals surface area contributed by atoms with Crippen LogP contribution in [0.2, 0.25) is 0 Å². The quantitative estimate of drug-likeness (QED) is 0.806. The van der Waals surface area contributed by atoms with Gasteiger partial charge in [0.05, 0.1) is 6.61 Å². The Morgan fingerprint density at radius 3 is 2.53 bits per heavy atom. The summed E-state index contributed by atoms with van der Waals surface area (Å²) < 4.78 is 0. The SMILES string of the molecule is CCCN(c1ccc(CO)cn1)C(C)C. The predicted octanol–water partition coefficient (Wildman–Crippen LogP) is 2.20. The molecule has 1 N–H and O–H groups in total. The van der Waals surface area contributed by atoms with Gasteiger partial charge in [0.2, 0.25) is 0 Å². The van der Waals surface area contributed by atoms with Crippen molar-refractivity contribution in [3.63, 3.8) is 0 Å². The molecule has 0 aliphatic carbocycles. The number of hydrogen-bond acceptors (Lipinski definition) is 3. The zero-order valence-corrected chi connectivity index (χ0v) is 9.77. The van der Waals surface area contributed by atoms with E-state index in [-0.39, 0.29) is 6.61 Å². The van der Waals surface area contributed by atoms with E-state index in [2.05, 4.69) is 30.7 Å². The first-order valence-electron chi connectivity index (χ1n) is 5.51. The standard InChI is InChI=1S/C12H20N2O/c1-4-7-14(10(2)3)12-6-5-11(9-15)8-13-12/h5-6,8,10,15H,4,7,9H2,1-3H3. The lowest BCUT2D eigenvalue weighted by Gasteiger charge is -2.27. The Hall–Kier alpha value is -1.09. The molecule has 1 aromatic heterocycles. The Morgan fingerprint density at radius 2 is 2.13 bits per heavy atom. The second kappa shape index (κ2) is 5.71. The van der Waals surface area contributed by atoms with Crippen molar-refractivity contribution in [1.29, 1.82) is 0 Å². The molecule has 0 aliphatic heterocycles. The van der Waals surface area contributed by atoms with Crippen molar-refractivity contribution in [3.05, 3.63) is 23.9 Å². The maximum absolute atomic E-state index is 8.93. The van der Waals surface area contributed by atoms with Gasteiger partial charge in [-0.1, -0.05) is 13.0 Å². The number of nitrogens with zero attached hydrogens (tertiary/aromatic N) is 2. The molecule has 1 heterocycles. The van der Waals surface area contributed by atoms with Crippen molar-refractivity contribution < 1.29 is 5.11 Å². The first-order valence-corrected chi connectivity index (χ1v) is 5.51. The van der Waals surface area contributed by atoms with E-state index in [1.54, 1.807) is 6.20 Å². The minimum absolute atomic E-state index is 0.0583.